The van der Waals surface area contributed by atoms with Gasteiger partial charge in [-0.1, -0.05) is 6.92 Å². The fourth-order valence-corrected chi connectivity index (χ4v) is 5.52. The van der Waals surface area contributed by atoms with Crippen molar-refractivity contribution in [3.63, 3.8) is 0 Å². The van der Waals surface area contributed by atoms with E-state index < -0.39 is 19.9 Å². The molecule has 132 valence electrons. The quantitative estimate of drug-likeness (QED) is 0.672. The highest BCUT2D eigenvalue weighted by molar-refractivity contribution is 9.10. The topological polar surface area (TPSA) is 84.4 Å². The molecule has 10 heteroatoms. The lowest BCUT2D eigenvalue weighted by molar-refractivity contribution is 0.462. The average Bonchev–Trinajstić information content (AvgIpc) is 2.93. The summed E-state index contributed by atoms with van der Waals surface area (Å²) in [6, 6.07) is 3.96. The Kier molecular flexibility index (Phi) is 5.86. The molecular weight excluding hydrogens is 436 g/mol. The number of halogens is 1. The van der Waals surface area contributed by atoms with Crippen molar-refractivity contribution in [2.24, 2.45) is 0 Å². The third-order valence-corrected chi connectivity index (χ3v) is 8.25. The predicted octanol–water partition coefficient (Wildman–Crippen LogP) is 2.69. The van der Waals surface area contributed by atoms with Crippen LogP contribution in [0.2, 0.25) is 0 Å². The van der Waals surface area contributed by atoms with Gasteiger partial charge in [0.25, 0.3) is 0 Å². The maximum Gasteiger partial charge on any atom is 0.244 e. The molecule has 2 rings (SSSR count). The SMILES string of the molecule is CCc1nc(CN(C)S(=O)(=O)c2cc(S(C)(=O)=O)ccc2Br)cs1. The van der Waals surface area contributed by atoms with Crippen molar-refractivity contribution in [3.05, 3.63) is 38.8 Å². The Morgan fingerprint density at radius 1 is 1.25 bits per heavy atom. The number of rotatable bonds is 6. The van der Waals surface area contributed by atoms with E-state index in [1.165, 1.54) is 36.6 Å². The first kappa shape index (κ1) is 19.5. The van der Waals surface area contributed by atoms with E-state index in [0.717, 1.165) is 22.0 Å². The Labute approximate surface area is 154 Å². The van der Waals surface area contributed by atoms with E-state index in [4.69, 9.17) is 0 Å². The second kappa shape index (κ2) is 7.20. The smallest absolute Gasteiger partial charge is 0.244 e. The van der Waals surface area contributed by atoms with Gasteiger partial charge in [-0.3, -0.25) is 0 Å². The lowest BCUT2D eigenvalue weighted by atomic mass is 10.4. The molecule has 2 aromatic rings. The Hall–Kier alpha value is -0.810. The third kappa shape index (κ3) is 4.23. The van der Waals surface area contributed by atoms with Crippen molar-refractivity contribution in [2.75, 3.05) is 13.3 Å². The Morgan fingerprint density at radius 3 is 2.46 bits per heavy atom. The number of benzene rings is 1. The highest BCUT2D eigenvalue weighted by Crippen LogP contribution is 2.28. The summed E-state index contributed by atoms with van der Waals surface area (Å²) in [5, 5.41) is 2.77. The number of sulfonamides is 1. The Morgan fingerprint density at radius 2 is 1.92 bits per heavy atom. The van der Waals surface area contributed by atoms with E-state index in [2.05, 4.69) is 20.9 Å². The van der Waals surface area contributed by atoms with E-state index in [0.29, 0.717) is 10.2 Å². The maximum absolute atomic E-state index is 12.8. The monoisotopic (exact) mass is 452 g/mol. The van der Waals surface area contributed by atoms with Gasteiger partial charge in [0.2, 0.25) is 10.0 Å². The number of nitrogens with zero attached hydrogens (tertiary/aromatic N) is 2. The molecule has 0 bridgehead atoms. The van der Waals surface area contributed by atoms with Gasteiger partial charge >= 0.3 is 0 Å². The van der Waals surface area contributed by atoms with Crippen molar-refractivity contribution in [1.29, 1.82) is 0 Å². The van der Waals surface area contributed by atoms with Gasteiger partial charge in [-0.05, 0) is 40.5 Å². The van der Waals surface area contributed by atoms with Crippen molar-refractivity contribution in [2.45, 2.75) is 29.7 Å². The first-order chi connectivity index (χ1) is 11.1. The molecule has 0 N–H and O–H groups in total. The number of aromatic nitrogens is 1. The van der Waals surface area contributed by atoms with E-state index in [-0.39, 0.29) is 16.3 Å². The van der Waals surface area contributed by atoms with E-state index in [9.17, 15) is 16.8 Å². The number of hydrogen-bond donors (Lipinski definition) is 0. The molecule has 24 heavy (non-hydrogen) atoms. The Bertz CT molecular complexity index is 952. The van der Waals surface area contributed by atoms with Crippen LogP contribution in [0.25, 0.3) is 0 Å². The molecule has 0 atom stereocenters. The Balaban J connectivity index is 2.38. The highest BCUT2D eigenvalue weighted by atomic mass is 79.9. The third-order valence-electron chi connectivity index (χ3n) is 3.31. The lowest BCUT2D eigenvalue weighted by Crippen LogP contribution is -2.27. The van der Waals surface area contributed by atoms with Crippen LogP contribution in [0.3, 0.4) is 0 Å². The van der Waals surface area contributed by atoms with Crippen LogP contribution in [0, 0.1) is 0 Å². The van der Waals surface area contributed by atoms with E-state index in [1.807, 2.05) is 12.3 Å². The maximum atomic E-state index is 12.8. The minimum Gasteiger partial charge on any atom is -0.245 e. The summed E-state index contributed by atoms with van der Waals surface area (Å²) in [7, 11) is -5.92. The van der Waals surface area contributed by atoms with E-state index in [1.54, 1.807) is 0 Å². The molecule has 0 spiro atoms. The summed E-state index contributed by atoms with van der Waals surface area (Å²) < 4.78 is 50.4. The summed E-state index contributed by atoms with van der Waals surface area (Å²) in [5.74, 6) is 0. The predicted molar refractivity (Wildman–Crippen MR) is 97.4 cm³/mol. The highest BCUT2D eigenvalue weighted by Gasteiger charge is 2.26. The van der Waals surface area contributed by atoms with Gasteiger partial charge in [0, 0.05) is 23.2 Å². The minimum atomic E-state index is -3.86. The molecule has 0 saturated heterocycles. The molecule has 0 saturated carbocycles. The summed E-state index contributed by atoms with van der Waals surface area (Å²) in [5.41, 5.74) is 0.665. The molecule has 0 radical (unpaired) electrons. The number of aryl methyl sites for hydroxylation is 1. The fraction of sp³-hybridized carbons (Fsp3) is 0.357. The zero-order chi connectivity index (χ0) is 18.1. The molecule has 0 fully saturated rings. The van der Waals surface area contributed by atoms with Crippen molar-refractivity contribution >= 4 is 47.1 Å². The molecular formula is C14H17BrN2O4S3. The minimum absolute atomic E-state index is 0.0420. The molecule has 0 amide bonds. The van der Waals surface area contributed by atoms with Crippen LogP contribution < -0.4 is 0 Å². The summed E-state index contributed by atoms with van der Waals surface area (Å²) in [6.45, 7) is 2.10. The average molecular weight is 453 g/mol. The molecule has 1 heterocycles. The largest absolute Gasteiger partial charge is 0.245 e. The second-order valence-corrected chi connectivity index (χ2v) is 11.0. The number of thiazole rings is 1. The molecule has 0 aliphatic rings. The molecule has 0 aliphatic heterocycles. The second-order valence-electron chi connectivity index (χ2n) is 5.21. The van der Waals surface area contributed by atoms with Gasteiger partial charge < -0.3 is 0 Å². The van der Waals surface area contributed by atoms with E-state index >= 15 is 0 Å². The molecule has 1 aromatic heterocycles. The van der Waals surface area contributed by atoms with Gasteiger partial charge in [0.1, 0.15) is 0 Å². The van der Waals surface area contributed by atoms with Crippen molar-refractivity contribution in [1.82, 2.24) is 9.29 Å². The van der Waals surface area contributed by atoms with Crippen LogP contribution in [0.5, 0.6) is 0 Å². The molecule has 0 aliphatic carbocycles. The van der Waals surface area contributed by atoms with Crippen LogP contribution >= 0.6 is 27.3 Å². The summed E-state index contributed by atoms with van der Waals surface area (Å²) >= 11 is 4.67. The normalized spacial score (nSPS) is 12.7. The van der Waals surface area contributed by atoms with Crippen LogP contribution in [-0.4, -0.2) is 39.4 Å². The van der Waals surface area contributed by atoms with Crippen molar-refractivity contribution in [3.8, 4) is 0 Å². The number of sulfone groups is 1. The first-order valence-corrected chi connectivity index (χ1v) is 12.0. The van der Waals surface area contributed by atoms with Gasteiger partial charge in [0.05, 0.1) is 27.0 Å². The summed E-state index contributed by atoms with van der Waals surface area (Å²) in [4.78, 5) is 4.23. The van der Waals surface area contributed by atoms with Gasteiger partial charge in [-0.2, -0.15) is 4.31 Å². The van der Waals surface area contributed by atoms with Crippen LogP contribution in [-0.2, 0) is 32.8 Å². The summed E-state index contributed by atoms with van der Waals surface area (Å²) in [6.07, 6.45) is 1.83. The standard InChI is InChI=1S/C14H17BrN2O4S3/c1-4-14-16-10(9-22-14)8-17(2)24(20,21)13-7-11(23(3,18)19)5-6-12(13)15/h5-7,9H,4,8H2,1-3H3. The lowest BCUT2D eigenvalue weighted by Gasteiger charge is -2.17. The molecule has 0 unspecified atom stereocenters. The van der Waals surface area contributed by atoms with Crippen LogP contribution in [0.1, 0.15) is 17.6 Å². The van der Waals surface area contributed by atoms with Gasteiger partial charge in [-0.25, -0.2) is 21.8 Å². The van der Waals surface area contributed by atoms with Crippen molar-refractivity contribution < 1.29 is 16.8 Å². The molecule has 1 aromatic carbocycles. The molecule has 6 nitrogen and oxygen atoms in total. The van der Waals surface area contributed by atoms with Gasteiger partial charge in [0.15, 0.2) is 9.84 Å². The van der Waals surface area contributed by atoms with Gasteiger partial charge in [-0.15, -0.1) is 11.3 Å². The zero-order valence-electron chi connectivity index (χ0n) is 13.4. The fourth-order valence-electron chi connectivity index (χ4n) is 1.98. The first-order valence-electron chi connectivity index (χ1n) is 6.95. The van der Waals surface area contributed by atoms with Crippen LogP contribution in [0.4, 0.5) is 0 Å². The number of hydrogen-bond acceptors (Lipinski definition) is 6. The van der Waals surface area contributed by atoms with Crippen LogP contribution in [0.15, 0.2) is 37.8 Å². The zero-order valence-corrected chi connectivity index (χ0v) is 17.4.